The summed E-state index contributed by atoms with van der Waals surface area (Å²) in [6, 6.07) is 4.83. The minimum atomic E-state index is -0.392. The summed E-state index contributed by atoms with van der Waals surface area (Å²) in [4.78, 5) is 14.7. The van der Waals surface area contributed by atoms with Crippen molar-refractivity contribution < 1.29 is 10.0 Å². The monoisotopic (exact) mass is 273 g/mol. The second-order valence-corrected chi connectivity index (χ2v) is 5.23. The Labute approximate surface area is 115 Å². The molecule has 0 aliphatic heterocycles. The van der Waals surface area contributed by atoms with Crippen molar-refractivity contribution in [2.75, 3.05) is 11.9 Å². The van der Waals surface area contributed by atoms with Gasteiger partial charge in [-0.05, 0) is 31.4 Å². The lowest BCUT2D eigenvalue weighted by molar-refractivity contribution is -0.383. The summed E-state index contributed by atoms with van der Waals surface area (Å²) in [5.41, 5.74) is 0.561. The van der Waals surface area contributed by atoms with Gasteiger partial charge in [0.2, 0.25) is 0 Å². The number of benzene rings is 1. The molecule has 1 fully saturated rings. The van der Waals surface area contributed by atoms with Crippen LogP contribution in [0, 0.1) is 10.1 Å². The molecule has 20 heavy (non-hydrogen) atoms. The summed E-state index contributed by atoms with van der Waals surface area (Å²) in [5.74, 6) is 0. The molecule has 0 saturated heterocycles. The van der Waals surface area contributed by atoms with E-state index in [1.54, 1.807) is 24.5 Å². The maximum absolute atomic E-state index is 11.1. The van der Waals surface area contributed by atoms with Gasteiger partial charge >= 0.3 is 0 Å². The first-order valence-corrected chi connectivity index (χ1v) is 6.55. The molecule has 0 amide bonds. The number of hydrogen-bond donors (Lipinski definition) is 2. The summed E-state index contributed by atoms with van der Waals surface area (Å²) in [6.07, 6.45) is 6.06. The molecule has 0 atom stereocenters. The van der Waals surface area contributed by atoms with Gasteiger partial charge in [-0.2, -0.15) is 0 Å². The van der Waals surface area contributed by atoms with Crippen LogP contribution < -0.4 is 5.32 Å². The van der Waals surface area contributed by atoms with Crippen LogP contribution in [0.1, 0.15) is 19.3 Å². The average molecular weight is 273 g/mol. The van der Waals surface area contributed by atoms with Gasteiger partial charge < -0.3 is 10.4 Å². The third kappa shape index (κ3) is 1.98. The Bertz CT molecular complexity index is 662. The van der Waals surface area contributed by atoms with Crippen LogP contribution in [0.15, 0.2) is 30.6 Å². The molecular formula is C14H15N3O3. The van der Waals surface area contributed by atoms with Crippen LogP contribution in [0.25, 0.3) is 10.8 Å². The molecule has 6 heteroatoms. The van der Waals surface area contributed by atoms with Crippen molar-refractivity contribution in [1.29, 1.82) is 0 Å². The highest BCUT2D eigenvalue weighted by Crippen LogP contribution is 2.38. The van der Waals surface area contributed by atoms with Gasteiger partial charge in [0.1, 0.15) is 0 Å². The van der Waals surface area contributed by atoms with Crippen molar-refractivity contribution in [3.8, 4) is 0 Å². The largest absolute Gasteiger partial charge is 0.394 e. The number of nitro benzene ring substituents is 1. The van der Waals surface area contributed by atoms with Gasteiger partial charge in [0.05, 0.1) is 22.5 Å². The van der Waals surface area contributed by atoms with Crippen LogP contribution in [0.3, 0.4) is 0 Å². The first-order valence-electron chi connectivity index (χ1n) is 6.55. The molecule has 0 radical (unpaired) electrons. The highest BCUT2D eigenvalue weighted by molar-refractivity contribution is 5.99. The Morgan fingerprint density at radius 1 is 1.35 bits per heavy atom. The molecule has 2 aromatic rings. The number of aromatic nitrogens is 1. The SMILES string of the molecule is O=[N+]([O-])c1ccc(NC2(CO)CCC2)c2cnccc12. The molecule has 1 saturated carbocycles. The van der Waals surface area contributed by atoms with Gasteiger partial charge in [-0.25, -0.2) is 0 Å². The summed E-state index contributed by atoms with van der Waals surface area (Å²) < 4.78 is 0. The third-order valence-electron chi connectivity index (χ3n) is 4.00. The number of aliphatic hydroxyl groups is 1. The first-order chi connectivity index (χ1) is 9.65. The Morgan fingerprint density at radius 3 is 2.75 bits per heavy atom. The number of rotatable bonds is 4. The zero-order valence-corrected chi connectivity index (χ0v) is 10.9. The molecular weight excluding hydrogens is 258 g/mol. The highest BCUT2D eigenvalue weighted by atomic mass is 16.6. The van der Waals surface area contributed by atoms with Crippen LogP contribution in [0.2, 0.25) is 0 Å². The molecule has 0 spiro atoms. The molecule has 2 N–H and O–H groups in total. The summed E-state index contributed by atoms with van der Waals surface area (Å²) >= 11 is 0. The van der Waals surface area contributed by atoms with E-state index >= 15 is 0 Å². The van der Waals surface area contributed by atoms with E-state index in [1.807, 2.05) is 0 Å². The van der Waals surface area contributed by atoms with Crippen molar-refractivity contribution in [2.45, 2.75) is 24.8 Å². The van der Waals surface area contributed by atoms with Crippen molar-refractivity contribution in [2.24, 2.45) is 0 Å². The second kappa shape index (κ2) is 4.72. The number of aliphatic hydroxyl groups excluding tert-OH is 1. The molecule has 6 nitrogen and oxygen atoms in total. The highest BCUT2D eigenvalue weighted by Gasteiger charge is 2.36. The van der Waals surface area contributed by atoms with Gasteiger partial charge in [0.15, 0.2) is 0 Å². The number of non-ortho nitro benzene ring substituents is 1. The molecule has 1 aliphatic carbocycles. The molecule has 1 aromatic heterocycles. The van der Waals surface area contributed by atoms with Crippen LogP contribution >= 0.6 is 0 Å². The van der Waals surface area contributed by atoms with Crippen LogP contribution in [0.5, 0.6) is 0 Å². The van der Waals surface area contributed by atoms with Crippen LogP contribution in [-0.2, 0) is 0 Å². The summed E-state index contributed by atoms with van der Waals surface area (Å²) in [7, 11) is 0. The zero-order valence-electron chi connectivity index (χ0n) is 10.9. The lowest BCUT2D eigenvalue weighted by atomic mass is 9.77. The fourth-order valence-electron chi connectivity index (χ4n) is 2.65. The van der Waals surface area contributed by atoms with E-state index in [2.05, 4.69) is 10.3 Å². The summed E-state index contributed by atoms with van der Waals surface area (Å²) in [6.45, 7) is 0.0613. The van der Waals surface area contributed by atoms with Gasteiger partial charge in [0.25, 0.3) is 5.69 Å². The van der Waals surface area contributed by atoms with E-state index in [4.69, 9.17) is 0 Å². The average Bonchev–Trinajstić information content (AvgIpc) is 2.42. The predicted molar refractivity (Wildman–Crippen MR) is 75.7 cm³/mol. The smallest absolute Gasteiger partial charge is 0.277 e. The van der Waals surface area contributed by atoms with Gasteiger partial charge in [-0.15, -0.1) is 0 Å². The predicted octanol–water partition coefficient (Wildman–Crippen LogP) is 2.47. The van der Waals surface area contributed by atoms with E-state index in [9.17, 15) is 15.2 Å². The van der Waals surface area contributed by atoms with Crippen molar-refractivity contribution in [1.82, 2.24) is 4.98 Å². The number of anilines is 1. The lowest BCUT2D eigenvalue weighted by Gasteiger charge is -2.42. The Balaban J connectivity index is 2.08. The van der Waals surface area contributed by atoms with Crippen LogP contribution in [0.4, 0.5) is 11.4 Å². The van der Waals surface area contributed by atoms with E-state index in [0.29, 0.717) is 10.8 Å². The number of nitro groups is 1. The molecule has 0 bridgehead atoms. The van der Waals surface area contributed by atoms with Crippen LogP contribution in [-0.4, -0.2) is 27.2 Å². The second-order valence-electron chi connectivity index (χ2n) is 5.23. The van der Waals surface area contributed by atoms with E-state index in [-0.39, 0.29) is 17.8 Å². The number of hydrogen-bond acceptors (Lipinski definition) is 5. The third-order valence-corrected chi connectivity index (χ3v) is 4.00. The lowest BCUT2D eigenvalue weighted by Crippen LogP contribution is -2.48. The normalized spacial score (nSPS) is 16.6. The topological polar surface area (TPSA) is 88.3 Å². The minimum Gasteiger partial charge on any atom is -0.394 e. The van der Waals surface area contributed by atoms with Crippen molar-refractivity contribution in [3.05, 3.63) is 40.7 Å². The first kappa shape index (κ1) is 12.8. The van der Waals surface area contributed by atoms with Crippen molar-refractivity contribution in [3.63, 3.8) is 0 Å². The summed E-state index contributed by atoms with van der Waals surface area (Å²) in [5, 5.41) is 25.2. The Hall–Kier alpha value is -2.21. The molecule has 1 aromatic carbocycles. The van der Waals surface area contributed by atoms with Gasteiger partial charge in [0, 0.05) is 29.5 Å². The fourth-order valence-corrected chi connectivity index (χ4v) is 2.65. The van der Waals surface area contributed by atoms with E-state index in [0.717, 1.165) is 24.9 Å². The van der Waals surface area contributed by atoms with E-state index < -0.39 is 4.92 Å². The maximum Gasteiger partial charge on any atom is 0.277 e. The van der Waals surface area contributed by atoms with Gasteiger partial charge in [-0.1, -0.05) is 0 Å². The molecule has 104 valence electrons. The Morgan fingerprint density at radius 2 is 2.15 bits per heavy atom. The zero-order chi connectivity index (χ0) is 14.2. The minimum absolute atomic E-state index is 0.0613. The molecule has 1 aliphatic rings. The number of nitrogens with one attached hydrogen (secondary N) is 1. The number of fused-ring (bicyclic) bond motifs is 1. The standard InChI is InChI=1S/C14H15N3O3/c18-9-14(5-1-6-14)16-12-2-3-13(17(19)20)10-4-7-15-8-11(10)12/h2-4,7-8,16,18H,1,5-6,9H2. The van der Waals surface area contributed by atoms with E-state index in [1.165, 1.54) is 6.07 Å². The van der Waals surface area contributed by atoms with Crippen molar-refractivity contribution >= 4 is 22.1 Å². The van der Waals surface area contributed by atoms with Gasteiger partial charge in [-0.3, -0.25) is 15.1 Å². The molecule has 3 rings (SSSR count). The fraction of sp³-hybridized carbons (Fsp3) is 0.357. The Kier molecular flexibility index (Phi) is 3.02. The number of nitrogens with zero attached hydrogens (tertiary/aromatic N) is 2. The quantitative estimate of drug-likeness (QED) is 0.660. The maximum atomic E-state index is 11.1. The molecule has 0 unspecified atom stereocenters. The molecule has 1 heterocycles. The number of pyridine rings is 1.